The lowest BCUT2D eigenvalue weighted by molar-refractivity contribution is -0.133. The highest BCUT2D eigenvalue weighted by molar-refractivity contribution is 5.77. The molecule has 1 aliphatic rings. The summed E-state index contributed by atoms with van der Waals surface area (Å²) in [5, 5.41) is 0. The monoisotopic (exact) mass is 174 g/mol. The number of amides is 1. The van der Waals surface area contributed by atoms with E-state index in [0.29, 0.717) is 13.1 Å². The predicted octanol–water partition coefficient (Wildman–Crippen LogP) is 0.296. The van der Waals surface area contributed by atoms with Crippen LogP contribution in [0.25, 0.3) is 0 Å². The molecule has 1 fully saturated rings. The maximum atomic E-state index is 11.9. The Morgan fingerprint density at radius 1 is 1.58 bits per heavy atom. The van der Waals surface area contributed by atoms with Crippen LogP contribution in [-0.2, 0) is 4.79 Å². The number of nitrogens with zero attached hydrogens (tertiary/aromatic N) is 1. The van der Waals surface area contributed by atoms with Crippen molar-refractivity contribution in [2.75, 3.05) is 19.8 Å². The molecule has 0 aromatic carbocycles. The molecule has 2 N–H and O–H groups in total. The first-order chi connectivity index (χ1) is 5.55. The molecule has 12 heavy (non-hydrogen) atoms. The molecule has 0 bridgehead atoms. The minimum atomic E-state index is -0.888. The molecule has 0 unspecified atom stereocenters. The third-order valence-corrected chi connectivity index (χ3v) is 2.37. The maximum Gasteiger partial charge on any atom is 0.253 e. The van der Waals surface area contributed by atoms with Crippen molar-refractivity contribution in [3.8, 4) is 0 Å². The van der Waals surface area contributed by atoms with Gasteiger partial charge in [0.2, 0.25) is 0 Å². The first-order valence-corrected chi connectivity index (χ1v) is 4.18. The largest absolute Gasteiger partial charge is 0.340 e. The van der Waals surface area contributed by atoms with E-state index >= 15 is 0 Å². The molecule has 1 heterocycles. The first kappa shape index (κ1) is 9.45. The molecule has 4 heteroatoms. The average Bonchev–Trinajstić information content (AvgIpc) is 2.03. The highest BCUT2D eigenvalue weighted by Crippen LogP contribution is 2.18. The highest BCUT2D eigenvalue weighted by Gasteiger charge is 2.27. The smallest absolute Gasteiger partial charge is 0.253 e. The Kier molecular flexibility index (Phi) is 2.67. The van der Waals surface area contributed by atoms with Crippen molar-refractivity contribution in [1.29, 1.82) is 0 Å². The zero-order valence-electron chi connectivity index (χ0n) is 7.35. The van der Waals surface area contributed by atoms with Gasteiger partial charge >= 0.3 is 0 Å². The van der Waals surface area contributed by atoms with Crippen LogP contribution in [0, 0.1) is 0 Å². The van der Waals surface area contributed by atoms with Crippen LogP contribution < -0.4 is 5.73 Å². The third-order valence-electron chi connectivity index (χ3n) is 2.37. The van der Waals surface area contributed by atoms with E-state index in [1.165, 1.54) is 4.90 Å². The number of hydrogen-bond acceptors (Lipinski definition) is 2. The van der Waals surface area contributed by atoms with Gasteiger partial charge in [-0.05, 0) is 19.8 Å². The minimum absolute atomic E-state index is 0.174. The second-order valence-corrected chi connectivity index (χ2v) is 3.67. The van der Waals surface area contributed by atoms with Crippen LogP contribution in [0.4, 0.5) is 4.39 Å². The number of hydrogen-bond donors (Lipinski definition) is 1. The fourth-order valence-electron chi connectivity index (χ4n) is 1.35. The Morgan fingerprint density at radius 3 is 2.50 bits per heavy atom. The van der Waals surface area contributed by atoms with Gasteiger partial charge in [-0.25, -0.2) is 4.39 Å². The number of halogens is 1. The van der Waals surface area contributed by atoms with Crippen LogP contribution in [0.2, 0.25) is 0 Å². The van der Waals surface area contributed by atoms with Crippen molar-refractivity contribution in [3.05, 3.63) is 0 Å². The number of carbonyl (C=O) groups excluding carboxylic acids is 1. The number of carbonyl (C=O) groups is 1. The topological polar surface area (TPSA) is 46.3 Å². The van der Waals surface area contributed by atoms with Gasteiger partial charge in [0, 0.05) is 18.6 Å². The molecule has 0 atom stereocenters. The van der Waals surface area contributed by atoms with Crippen molar-refractivity contribution in [2.24, 2.45) is 5.73 Å². The summed E-state index contributed by atoms with van der Waals surface area (Å²) in [6, 6.07) is 0. The maximum absolute atomic E-state index is 11.9. The van der Waals surface area contributed by atoms with E-state index in [1.807, 2.05) is 6.92 Å². The highest BCUT2D eigenvalue weighted by atomic mass is 19.1. The molecule has 0 saturated carbocycles. The van der Waals surface area contributed by atoms with Crippen molar-refractivity contribution >= 4 is 5.91 Å². The fourth-order valence-corrected chi connectivity index (χ4v) is 1.35. The Bertz CT molecular complexity index is 172. The summed E-state index contributed by atoms with van der Waals surface area (Å²) in [5.41, 5.74) is 5.68. The lowest BCUT2D eigenvalue weighted by Crippen LogP contribution is -2.50. The zero-order valence-corrected chi connectivity index (χ0v) is 7.35. The second kappa shape index (κ2) is 3.39. The summed E-state index contributed by atoms with van der Waals surface area (Å²) < 4.78 is 11.9. The van der Waals surface area contributed by atoms with E-state index in [9.17, 15) is 9.18 Å². The van der Waals surface area contributed by atoms with Gasteiger partial charge in [-0.2, -0.15) is 0 Å². The molecule has 0 aromatic heterocycles. The van der Waals surface area contributed by atoms with Crippen molar-refractivity contribution in [3.63, 3.8) is 0 Å². The van der Waals surface area contributed by atoms with E-state index in [2.05, 4.69) is 0 Å². The Labute approximate surface area is 71.7 Å². The van der Waals surface area contributed by atoms with Crippen LogP contribution in [0.15, 0.2) is 0 Å². The van der Waals surface area contributed by atoms with Gasteiger partial charge in [0.05, 0.1) is 0 Å². The minimum Gasteiger partial charge on any atom is -0.340 e. The Hall–Kier alpha value is -0.640. The molecule has 70 valence electrons. The second-order valence-electron chi connectivity index (χ2n) is 3.67. The molecule has 3 nitrogen and oxygen atoms in total. The van der Waals surface area contributed by atoms with E-state index in [0.717, 1.165) is 12.8 Å². The van der Waals surface area contributed by atoms with Gasteiger partial charge in [-0.15, -0.1) is 0 Å². The van der Waals surface area contributed by atoms with Gasteiger partial charge in [0.1, 0.15) is 0 Å². The van der Waals surface area contributed by atoms with Gasteiger partial charge in [0.25, 0.3) is 5.91 Å². The molecule has 0 aliphatic carbocycles. The predicted molar refractivity (Wildman–Crippen MR) is 44.4 cm³/mol. The number of likely N-dealkylation sites (tertiary alicyclic amines) is 1. The molecular formula is C8H15FN2O. The molecule has 0 radical (unpaired) electrons. The SMILES string of the molecule is CC1(N)CCN(C(=O)CF)CC1. The third kappa shape index (κ3) is 2.17. The number of nitrogens with two attached hydrogens (primary N) is 1. The van der Waals surface area contributed by atoms with E-state index in [1.54, 1.807) is 0 Å². The van der Waals surface area contributed by atoms with E-state index < -0.39 is 12.6 Å². The summed E-state index contributed by atoms with van der Waals surface area (Å²) >= 11 is 0. The lowest BCUT2D eigenvalue weighted by atomic mass is 9.91. The zero-order chi connectivity index (χ0) is 9.19. The average molecular weight is 174 g/mol. The van der Waals surface area contributed by atoms with Crippen LogP contribution in [0.5, 0.6) is 0 Å². The quantitative estimate of drug-likeness (QED) is 0.621. The van der Waals surface area contributed by atoms with Crippen LogP contribution in [0.1, 0.15) is 19.8 Å². The van der Waals surface area contributed by atoms with Gasteiger partial charge < -0.3 is 10.6 Å². The molecule has 0 aromatic rings. The summed E-state index contributed by atoms with van der Waals surface area (Å²) in [4.78, 5) is 12.4. The van der Waals surface area contributed by atoms with Gasteiger partial charge in [-0.3, -0.25) is 4.79 Å². The van der Waals surface area contributed by atoms with Crippen LogP contribution in [-0.4, -0.2) is 36.1 Å². The van der Waals surface area contributed by atoms with Crippen molar-refractivity contribution < 1.29 is 9.18 Å². The van der Waals surface area contributed by atoms with Gasteiger partial charge in [0.15, 0.2) is 6.67 Å². The fraction of sp³-hybridized carbons (Fsp3) is 0.875. The molecule has 1 aliphatic heterocycles. The van der Waals surface area contributed by atoms with Crippen molar-refractivity contribution in [2.45, 2.75) is 25.3 Å². The Morgan fingerprint density at radius 2 is 2.08 bits per heavy atom. The number of piperidine rings is 1. The molecular weight excluding hydrogens is 159 g/mol. The summed E-state index contributed by atoms with van der Waals surface area (Å²) in [7, 11) is 0. The lowest BCUT2D eigenvalue weighted by Gasteiger charge is -2.36. The molecule has 1 amide bonds. The molecule has 1 saturated heterocycles. The Balaban J connectivity index is 2.41. The standard InChI is InChI=1S/C8H15FN2O/c1-8(10)2-4-11(5-3-8)7(12)6-9/h2-6,10H2,1H3. The van der Waals surface area contributed by atoms with E-state index in [4.69, 9.17) is 5.73 Å². The summed E-state index contributed by atoms with van der Waals surface area (Å²) in [6.45, 7) is 2.26. The van der Waals surface area contributed by atoms with Crippen molar-refractivity contribution in [1.82, 2.24) is 4.90 Å². The molecule has 1 rings (SSSR count). The number of alkyl halides is 1. The molecule has 0 spiro atoms. The summed E-state index contributed by atoms with van der Waals surface area (Å²) in [6.07, 6.45) is 1.53. The van der Waals surface area contributed by atoms with Crippen LogP contribution in [0.3, 0.4) is 0 Å². The van der Waals surface area contributed by atoms with Gasteiger partial charge in [-0.1, -0.05) is 0 Å². The summed E-state index contributed by atoms with van der Waals surface area (Å²) in [5.74, 6) is -0.412. The normalized spacial score (nSPS) is 22.4. The van der Waals surface area contributed by atoms with Crippen LogP contribution >= 0.6 is 0 Å². The number of rotatable bonds is 1. The first-order valence-electron chi connectivity index (χ1n) is 4.18. The van der Waals surface area contributed by atoms with E-state index in [-0.39, 0.29) is 5.54 Å².